The van der Waals surface area contributed by atoms with Gasteiger partial charge in [0.25, 0.3) is 0 Å². The largest absolute Gasteiger partial charge is 0.478 e. The van der Waals surface area contributed by atoms with Gasteiger partial charge < -0.3 is 10.1 Å². The highest BCUT2D eigenvalue weighted by Crippen LogP contribution is 2.32. The fourth-order valence-corrected chi connectivity index (χ4v) is 1.69. The van der Waals surface area contributed by atoms with E-state index in [0.29, 0.717) is 18.4 Å². The third-order valence-electron chi connectivity index (χ3n) is 2.82. The monoisotopic (exact) mass is 235 g/mol. The zero-order valence-electron chi connectivity index (χ0n) is 10.7. The van der Waals surface area contributed by atoms with Gasteiger partial charge in [-0.2, -0.15) is 4.98 Å². The van der Waals surface area contributed by atoms with E-state index in [2.05, 4.69) is 22.2 Å². The highest BCUT2D eigenvalue weighted by Gasteiger charge is 2.20. The van der Waals surface area contributed by atoms with Crippen LogP contribution >= 0.6 is 0 Å². The molecule has 0 aliphatic heterocycles. The van der Waals surface area contributed by atoms with E-state index < -0.39 is 0 Å². The molecule has 4 nitrogen and oxygen atoms in total. The highest BCUT2D eigenvalue weighted by molar-refractivity contribution is 5.30. The van der Waals surface area contributed by atoms with Gasteiger partial charge in [0.2, 0.25) is 11.8 Å². The fourth-order valence-electron chi connectivity index (χ4n) is 1.69. The Hall–Kier alpha value is -1.32. The smallest absolute Gasteiger partial charge is 0.226 e. The molecule has 1 aliphatic rings. The van der Waals surface area contributed by atoms with Crippen molar-refractivity contribution in [3.63, 3.8) is 0 Å². The second-order valence-electron chi connectivity index (χ2n) is 4.68. The molecule has 1 heterocycles. The summed E-state index contributed by atoms with van der Waals surface area (Å²) < 4.78 is 5.53. The minimum atomic E-state index is 0.674. The van der Waals surface area contributed by atoms with Crippen LogP contribution in [-0.4, -0.2) is 23.1 Å². The lowest BCUT2D eigenvalue weighted by molar-refractivity contribution is 0.305. The van der Waals surface area contributed by atoms with Gasteiger partial charge in [-0.25, -0.2) is 4.98 Å². The van der Waals surface area contributed by atoms with Crippen LogP contribution in [0.2, 0.25) is 0 Å². The van der Waals surface area contributed by atoms with Crippen LogP contribution in [0.25, 0.3) is 0 Å². The average molecular weight is 235 g/mol. The maximum Gasteiger partial charge on any atom is 0.226 e. The second kappa shape index (κ2) is 5.84. The van der Waals surface area contributed by atoms with Crippen LogP contribution in [0, 0.1) is 12.8 Å². The molecule has 0 amide bonds. The van der Waals surface area contributed by atoms with E-state index in [9.17, 15) is 0 Å². The molecule has 4 heteroatoms. The summed E-state index contributed by atoms with van der Waals surface area (Å²) in [5.74, 6) is 2.30. The maximum absolute atomic E-state index is 5.53. The Morgan fingerprint density at radius 2 is 2.24 bits per heavy atom. The first kappa shape index (κ1) is 12.1. The molecular formula is C13H21N3O. The zero-order valence-corrected chi connectivity index (χ0v) is 10.7. The highest BCUT2D eigenvalue weighted by atomic mass is 16.5. The Labute approximate surface area is 103 Å². The number of aromatic nitrogens is 2. The standard InChI is InChI=1S/C13H21N3O/c1-3-8-17-12-9-10(2)15-13(16-12)14-7-6-11-4-5-11/h9,11H,3-8H2,1-2H3,(H,14,15,16). The fraction of sp³-hybridized carbons (Fsp3) is 0.692. The zero-order chi connectivity index (χ0) is 12.1. The van der Waals surface area contributed by atoms with Crippen LogP contribution < -0.4 is 10.1 Å². The molecule has 0 saturated heterocycles. The minimum Gasteiger partial charge on any atom is -0.478 e. The van der Waals surface area contributed by atoms with Crippen LogP contribution in [0.1, 0.15) is 38.3 Å². The topological polar surface area (TPSA) is 47.0 Å². The molecule has 1 fully saturated rings. The number of rotatable bonds is 7. The summed E-state index contributed by atoms with van der Waals surface area (Å²) in [6.45, 7) is 5.72. The van der Waals surface area contributed by atoms with Gasteiger partial charge in [-0.15, -0.1) is 0 Å². The van der Waals surface area contributed by atoms with Gasteiger partial charge in [-0.05, 0) is 25.7 Å². The Balaban J connectivity index is 1.87. The van der Waals surface area contributed by atoms with Gasteiger partial charge in [0.15, 0.2) is 0 Å². The van der Waals surface area contributed by atoms with Gasteiger partial charge in [-0.1, -0.05) is 19.8 Å². The van der Waals surface area contributed by atoms with Crippen molar-refractivity contribution >= 4 is 5.95 Å². The van der Waals surface area contributed by atoms with Crippen molar-refractivity contribution in [1.82, 2.24) is 9.97 Å². The summed E-state index contributed by atoms with van der Waals surface area (Å²) >= 11 is 0. The van der Waals surface area contributed by atoms with Crippen molar-refractivity contribution in [2.24, 2.45) is 5.92 Å². The SMILES string of the molecule is CCCOc1cc(C)nc(NCCC2CC2)n1. The van der Waals surface area contributed by atoms with E-state index in [-0.39, 0.29) is 0 Å². The van der Waals surface area contributed by atoms with Crippen LogP contribution in [0.4, 0.5) is 5.95 Å². The number of hydrogen-bond donors (Lipinski definition) is 1. The number of nitrogens with zero attached hydrogens (tertiary/aromatic N) is 2. The Morgan fingerprint density at radius 1 is 1.41 bits per heavy atom. The summed E-state index contributed by atoms with van der Waals surface area (Å²) in [7, 11) is 0. The molecule has 0 atom stereocenters. The molecule has 17 heavy (non-hydrogen) atoms. The van der Waals surface area contributed by atoms with Gasteiger partial charge in [-0.3, -0.25) is 0 Å². The van der Waals surface area contributed by atoms with Gasteiger partial charge in [0, 0.05) is 18.3 Å². The average Bonchev–Trinajstić information content (AvgIpc) is 3.10. The molecule has 0 unspecified atom stereocenters. The van der Waals surface area contributed by atoms with E-state index in [1.165, 1.54) is 19.3 Å². The van der Waals surface area contributed by atoms with Crippen LogP contribution in [0.5, 0.6) is 5.88 Å². The molecule has 1 N–H and O–H groups in total. The van der Waals surface area contributed by atoms with Gasteiger partial charge in [0.1, 0.15) is 0 Å². The lowest BCUT2D eigenvalue weighted by Crippen LogP contribution is -2.08. The third kappa shape index (κ3) is 4.21. The van der Waals surface area contributed by atoms with Crippen LogP contribution in [0.15, 0.2) is 6.07 Å². The molecule has 2 rings (SSSR count). The lowest BCUT2D eigenvalue weighted by atomic mass is 10.3. The van der Waals surface area contributed by atoms with Crippen molar-refractivity contribution in [3.8, 4) is 5.88 Å². The predicted octanol–water partition coefficient (Wildman–Crippen LogP) is 2.79. The van der Waals surface area contributed by atoms with E-state index in [0.717, 1.165) is 24.6 Å². The van der Waals surface area contributed by atoms with Crippen molar-refractivity contribution in [3.05, 3.63) is 11.8 Å². The number of anilines is 1. The molecule has 1 aromatic heterocycles. The molecule has 0 aromatic carbocycles. The second-order valence-corrected chi connectivity index (χ2v) is 4.68. The molecule has 1 aromatic rings. The molecule has 0 radical (unpaired) electrons. The Kier molecular flexibility index (Phi) is 4.18. The molecular weight excluding hydrogens is 214 g/mol. The molecule has 0 bridgehead atoms. The maximum atomic E-state index is 5.53. The summed E-state index contributed by atoms with van der Waals surface area (Å²) in [4.78, 5) is 8.70. The first-order chi connectivity index (χ1) is 8.28. The molecule has 1 aliphatic carbocycles. The lowest BCUT2D eigenvalue weighted by Gasteiger charge is -2.08. The Bertz CT molecular complexity index is 364. The summed E-state index contributed by atoms with van der Waals surface area (Å²) in [6, 6.07) is 1.88. The first-order valence-corrected chi connectivity index (χ1v) is 6.50. The van der Waals surface area contributed by atoms with Crippen molar-refractivity contribution in [2.75, 3.05) is 18.5 Å². The number of ether oxygens (including phenoxy) is 1. The van der Waals surface area contributed by atoms with E-state index in [1.807, 2.05) is 13.0 Å². The molecule has 0 spiro atoms. The summed E-state index contributed by atoms with van der Waals surface area (Å²) in [6.07, 6.45) is 5.00. The van der Waals surface area contributed by atoms with Gasteiger partial charge >= 0.3 is 0 Å². The van der Waals surface area contributed by atoms with Crippen LogP contribution in [-0.2, 0) is 0 Å². The normalized spacial score (nSPS) is 14.7. The number of aryl methyl sites for hydroxylation is 1. The number of nitrogens with one attached hydrogen (secondary N) is 1. The van der Waals surface area contributed by atoms with Crippen LogP contribution in [0.3, 0.4) is 0 Å². The summed E-state index contributed by atoms with van der Waals surface area (Å²) in [5, 5.41) is 3.27. The molecule has 1 saturated carbocycles. The van der Waals surface area contributed by atoms with Crippen molar-refractivity contribution < 1.29 is 4.74 Å². The van der Waals surface area contributed by atoms with E-state index >= 15 is 0 Å². The number of hydrogen-bond acceptors (Lipinski definition) is 4. The van der Waals surface area contributed by atoms with Crippen molar-refractivity contribution in [1.29, 1.82) is 0 Å². The van der Waals surface area contributed by atoms with Crippen molar-refractivity contribution in [2.45, 2.75) is 39.5 Å². The summed E-state index contributed by atoms with van der Waals surface area (Å²) in [5.41, 5.74) is 0.944. The van der Waals surface area contributed by atoms with E-state index in [1.54, 1.807) is 0 Å². The first-order valence-electron chi connectivity index (χ1n) is 6.50. The predicted molar refractivity (Wildman–Crippen MR) is 68.4 cm³/mol. The third-order valence-corrected chi connectivity index (χ3v) is 2.82. The quantitative estimate of drug-likeness (QED) is 0.789. The van der Waals surface area contributed by atoms with E-state index in [4.69, 9.17) is 4.74 Å². The molecule has 94 valence electrons. The Morgan fingerprint density at radius 3 is 2.94 bits per heavy atom. The minimum absolute atomic E-state index is 0.674. The van der Waals surface area contributed by atoms with Gasteiger partial charge in [0.05, 0.1) is 6.61 Å².